The Morgan fingerprint density at radius 1 is 1.12 bits per heavy atom. The number of halogens is 1. The first-order chi connectivity index (χ1) is 12.0. The number of fused-ring (bicyclic) bond motifs is 3. The molecule has 25 heavy (non-hydrogen) atoms. The molecule has 0 fully saturated rings. The van der Waals surface area contributed by atoms with E-state index < -0.39 is 4.92 Å². The fourth-order valence-electron chi connectivity index (χ4n) is 3.39. The Labute approximate surface area is 148 Å². The number of nitro benzene ring substituents is 1. The third-order valence-electron chi connectivity index (χ3n) is 4.56. The van der Waals surface area contributed by atoms with Gasteiger partial charge in [0, 0.05) is 23.8 Å². The number of hydrogen-bond donors (Lipinski definition) is 1. The highest BCUT2D eigenvalue weighted by Gasteiger charge is 2.29. The normalized spacial score (nSPS) is 16.4. The molecule has 0 aliphatic carbocycles. The molecule has 0 aromatic heterocycles. The van der Waals surface area contributed by atoms with Gasteiger partial charge in [0.25, 0.3) is 5.69 Å². The summed E-state index contributed by atoms with van der Waals surface area (Å²) in [6.07, 6.45) is 0.240. The molecule has 1 atom stereocenters. The second-order valence-electron chi connectivity index (χ2n) is 6.02. The lowest BCUT2D eigenvalue weighted by Crippen LogP contribution is -2.23. The van der Waals surface area contributed by atoms with Crippen LogP contribution in [0.15, 0.2) is 54.6 Å². The van der Waals surface area contributed by atoms with E-state index in [9.17, 15) is 14.9 Å². The number of nitro groups is 1. The summed E-state index contributed by atoms with van der Waals surface area (Å²) in [6, 6.07) is 16.5. The molecule has 6 heteroatoms. The molecule has 1 aliphatic rings. The van der Waals surface area contributed by atoms with Gasteiger partial charge in [-0.2, -0.15) is 0 Å². The van der Waals surface area contributed by atoms with E-state index in [1.54, 1.807) is 6.07 Å². The fourth-order valence-corrected chi connectivity index (χ4v) is 3.57. The lowest BCUT2D eigenvalue weighted by molar-refractivity contribution is -0.384. The number of benzene rings is 3. The molecule has 1 aliphatic heterocycles. The molecule has 3 aromatic rings. The predicted molar refractivity (Wildman–Crippen MR) is 97.1 cm³/mol. The maximum atomic E-state index is 12.3. The van der Waals surface area contributed by atoms with Crippen molar-refractivity contribution in [3.05, 3.63) is 80.9 Å². The maximum absolute atomic E-state index is 12.3. The molecule has 0 saturated carbocycles. The van der Waals surface area contributed by atoms with Gasteiger partial charge in [-0.25, -0.2) is 0 Å². The molecular formula is C19H13ClN2O3. The second kappa shape index (κ2) is 5.86. The number of nitrogens with one attached hydrogen (secondary N) is 1. The van der Waals surface area contributed by atoms with E-state index in [1.807, 2.05) is 36.4 Å². The van der Waals surface area contributed by atoms with E-state index in [1.165, 1.54) is 12.1 Å². The van der Waals surface area contributed by atoms with Crippen molar-refractivity contribution < 1.29 is 9.72 Å². The molecule has 0 spiro atoms. The summed E-state index contributed by atoms with van der Waals surface area (Å²) >= 11 is 5.92. The molecular weight excluding hydrogens is 340 g/mol. The molecule has 5 nitrogen and oxygen atoms in total. The van der Waals surface area contributed by atoms with Crippen molar-refractivity contribution in [1.82, 2.24) is 0 Å². The number of rotatable bonds is 2. The van der Waals surface area contributed by atoms with Crippen molar-refractivity contribution in [2.75, 3.05) is 5.32 Å². The zero-order valence-corrected chi connectivity index (χ0v) is 13.8. The van der Waals surface area contributed by atoms with Crippen molar-refractivity contribution in [3.8, 4) is 0 Å². The van der Waals surface area contributed by atoms with E-state index in [4.69, 9.17) is 11.6 Å². The van der Waals surface area contributed by atoms with Crippen LogP contribution in [0.4, 0.5) is 11.4 Å². The third-order valence-corrected chi connectivity index (χ3v) is 4.88. The Balaban J connectivity index is 1.91. The number of amides is 1. The van der Waals surface area contributed by atoms with Gasteiger partial charge in [-0.1, -0.05) is 54.1 Å². The minimum absolute atomic E-state index is 0.0905. The summed E-state index contributed by atoms with van der Waals surface area (Å²) in [5, 5.41) is 16.2. The standard InChI is InChI=1S/C19H13ClN2O3/c20-16-8-6-12(9-17(16)22(24)25)15-10-18(23)21-19-13-4-2-1-3-11(13)5-7-14(15)19/h1-9,15H,10H2,(H,21,23). The molecule has 1 heterocycles. The molecule has 0 radical (unpaired) electrons. The summed E-state index contributed by atoms with van der Waals surface area (Å²) in [5.74, 6) is -0.351. The van der Waals surface area contributed by atoms with E-state index in [2.05, 4.69) is 5.32 Å². The van der Waals surface area contributed by atoms with Gasteiger partial charge in [0.1, 0.15) is 5.02 Å². The zero-order chi connectivity index (χ0) is 17.6. The Morgan fingerprint density at radius 3 is 2.72 bits per heavy atom. The van der Waals surface area contributed by atoms with Crippen LogP contribution < -0.4 is 5.32 Å². The minimum Gasteiger partial charge on any atom is -0.325 e. The smallest absolute Gasteiger partial charge is 0.288 e. The fraction of sp³-hybridized carbons (Fsp3) is 0.105. The molecule has 1 unspecified atom stereocenters. The summed E-state index contributed by atoms with van der Waals surface area (Å²) in [4.78, 5) is 22.9. The van der Waals surface area contributed by atoms with Crippen molar-refractivity contribution in [1.29, 1.82) is 0 Å². The molecule has 3 aromatic carbocycles. The van der Waals surface area contributed by atoms with E-state index in [0.29, 0.717) is 5.56 Å². The predicted octanol–water partition coefficient (Wildman–Crippen LogP) is 4.88. The van der Waals surface area contributed by atoms with Crippen LogP contribution in [0.2, 0.25) is 5.02 Å². The largest absolute Gasteiger partial charge is 0.325 e. The van der Waals surface area contributed by atoms with Crippen LogP contribution in [-0.2, 0) is 4.79 Å². The second-order valence-corrected chi connectivity index (χ2v) is 6.43. The third kappa shape index (κ3) is 2.62. The van der Waals surface area contributed by atoms with Crippen molar-refractivity contribution in [2.24, 2.45) is 0 Å². The van der Waals surface area contributed by atoms with Crippen molar-refractivity contribution in [2.45, 2.75) is 12.3 Å². The lowest BCUT2D eigenvalue weighted by atomic mass is 9.83. The highest BCUT2D eigenvalue weighted by atomic mass is 35.5. The van der Waals surface area contributed by atoms with Gasteiger partial charge in [-0.05, 0) is 22.6 Å². The Morgan fingerprint density at radius 2 is 1.92 bits per heavy atom. The first-order valence-corrected chi connectivity index (χ1v) is 8.18. The average molecular weight is 353 g/mol. The number of nitrogens with zero attached hydrogens (tertiary/aromatic N) is 1. The lowest BCUT2D eigenvalue weighted by Gasteiger charge is -2.27. The quantitative estimate of drug-likeness (QED) is 0.528. The molecule has 124 valence electrons. The van der Waals surface area contributed by atoms with E-state index in [-0.39, 0.29) is 29.0 Å². The average Bonchev–Trinajstić information content (AvgIpc) is 2.61. The summed E-state index contributed by atoms with van der Waals surface area (Å²) in [5.41, 5.74) is 2.29. The van der Waals surface area contributed by atoms with Crippen molar-refractivity contribution in [3.63, 3.8) is 0 Å². The van der Waals surface area contributed by atoms with Crippen LogP contribution in [0, 0.1) is 10.1 Å². The van der Waals surface area contributed by atoms with Crippen molar-refractivity contribution >= 4 is 39.7 Å². The Hall–Kier alpha value is -2.92. The highest BCUT2D eigenvalue weighted by Crippen LogP contribution is 2.42. The van der Waals surface area contributed by atoms with Crippen LogP contribution in [-0.4, -0.2) is 10.8 Å². The van der Waals surface area contributed by atoms with Crippen LogP contribution in [0.25, 0.3) is 10.8 Å². The summed E-state index contributed by atoms with van der Waals surface area (Å²) in [6.45, 7) is 0. The molecule has 1 N–H and O–H groups in total. The summed E-state index contributed by atoms with van der Waals surface area (Å²) in [7, 11) is 0. The van der Waals surface area contributed by atoms with Gasteiger partial charge < -0.3 is 5.32 Å². The van der Waals surface area contributed by atoms with E-state index in [0.717, 1.165) is 22.0 Å². The molecule has 0 bridgehead atoms. The maximum Gasteiger partial charge on any atom is 0.288 e. The van der Waals surface area contributed by atoms with Gasteiger partial charge in [-0.3, -0.25) is 14.9 Å². The van der Waals surface area contributed by atoms with Gasteiger partial charge in [0.05, 0.1) is 10.6 Å². The first-order valence-electron chi connectivity index (χ1n) is 7.80. The number of carbonyl (C=O) groups is 1. The van der Waals surface area contributed by atoms with Crippen LogP contribution >= 0.6 is 11.6 Å². The molecule has 1 amide bonds. The Bertz CT molecular complexity index is 1030. The number of anilines is 1. The number of hydrogen-bond acceptors (Lipinski definition) is 3. The summed E-state index contributed by atoms with van der Waals surface area (Å²) < 4.78 is 0. The molecule has 4 rings (SSSR count). The minimum atomic E-state index is -0.504. The van der Waals surface area contributed by atoms with Crippen LogP contribution in [0.3, 0.4) is 0 Å². The topological polar surface area (TPSA) is 72.2 Å². The van der Waals surface area contributed by atoms with Crippen LogP contribution in [0.5, 0.6) is 0 Å². The monoisotopic (exact) mass is 352 g/mol. The number of carbonyl (C=O) groups excluding carboxylic acids is 1. The van der Waals surface area contributed by atoms with Gasteiger partial charge in [-0.15, -0.1) is 0 Å². The van der Waals surface area contributed by atoms with Crippen LogP contribution in [0.1, 0.15) is 23.5 Å². The SMILES string of the molecule is O=C1CC(c2ccc(Cl)c([N+](=O)[O-])c2)c2ccc3ccccc3c2N1. The van der Waals surface area contributed by atoms with Gasteiger partial charge in [0.2, 0.25) is 5.91 Å². The van der Waals surface area contributed by atoms with Gasteiger partial charge in [0.15, 0.2) is 0 Å². The highest BCUT2D eigenvalue weighted by molar-refractivity contribution is 6.32. The van der Waals surface area contributed by atoms with Gasteiger partial charge >= 0.3 is 0 Å². The first kappa shape index (κ1) is 15.6. The zero-order valence-electron chi connectivity index (χ0n) is 13.0. The van der Waals surface area contributed by atoms with E-state index >= 15 is 0 Å². The molecule has 0 saturated heterocycles. The Kier molecular flexibility index (Phi) is 3.66.